The van der Waals surface area contributed by atoms with Gasteiger partial charge in [0.2, 0.25) is 0 Å². The summed E-state index contributed by atoms with van der Waals surface area (Å²) in [6, 6.07) is 9.62. The molecule has 0 radical (unpaired) electrons. The molecule has 110 valence electrons. The summed E-state index contributed by atoms with van der Waals surface area (Å²) in [4.78, 5) is 11.5. The van der Waals surface area contributed by atoms with Crippen LogP contribution in [0.15, 0.2) is 42.5 Å². The van der Waals surface area contributed by atoms with Crippen LogP contribution in [-0.2, 0) is 16.1 Å². The van der Waals surface area contributed by atoms with E-state index in [2.05, 4.69) is 0 Å². The third-order valence-corrected chi connectivity index (χ3v) is 2.59. The molecule has 21 heavy (non-hydrogen) atoms. The zero-order valence-corrected chi connectivity index (χ0v) is 11.0. The molecule has 0 heterocycles. The second kappa shape index (κ2) is 6.69. The summed E-state index contributed by atoms with van der Waals surface area (Å²) in [6.07, 6.45) is 0. The molecular formula is C15H13F2NO3. The maximum Gasteiger partial charge on any atom is 0.344 e. The van der Waals surface area contributed by atoms with Crippen molar-refractivity contribution in [1.82, 2.24) is 0 Å². The van der Waals surface area contributed by atoms with Gasteiger partial charge in [-0.15, -0.1) is 0 Å². The van der Waals surface area contributed by atoms with Crippen LogP contribution < -0.4 is 10.5 Å². The minimum atomic E-state index is -0.727. The summed E-state index contributed by atoms with van der Waals surface area (Å²) in [5, 5.41) is 0. The number of esters is 1. The molecule has 0 spiro atoms. The number of anilines is 1. The summed E-state index contributed by atoms with van der Waals surface area (Å²) in [5.74, 6) is -1.75. The summed E-state index contributed by atoms with van der Waals surface area (Å²) in [7, 11) is 0. The number of hydrogen-bond donors (Lipinski definition) is 1. The predicted octanol–water partition coefficient (Wildman–Crippen LogP) is 2.67. The molecule has 2 rings (SSSR count). The largest absolute Gasteiger partial charge is 0.480 e. The van der Waals surface area contributed by atoms with Crippen molar-refractivity contribution in [1.29, 1.82) is 0 Å². The Kier molecular flexibility index (Phi) is 4.71. The van der Waals surface area contributed by atoms with Gasteiger partial charge in [0.15, 0.2) is 6.61 Å². The lowest BCUT2D eigenvalue weighted by Gasteiger charge is -2.09. The van der Waals surface area contributed by atoms with Crippen LogP contribution in [0.1, 0.15) is 5.56 Å². The highest BCUT2D eigenvalue weighted by Crippen LogP contribution is 2.19. The van der Waals surface area contributed by atoms with Gasteiger partial charge < -0.3 is 15.2 Å². The maximum atomic E-state index is 12.9. The van der Waals surface area contributed by atoms with Crippen LogP contribution in [0.2, 0.25) is 0 Å². The van der Waals surface area contributed by atoms with Gasteiger partial charge in [0.05, 0.1) is 5.69 Å². The molecule has 0 aliphatic heterocycles. The van der Waals surface area contributed by atoms with Crippen LogP contribution in [0, 0.1) is 11.6 Å². The topological polar surface area (TPSA) is 61.5 Å². The smallest absolute Gasteiger partial charge is 0.344 e. The van der Waals surface area contributed by atoms with Crippen molar-refractivity contribution < 1.29 is 23.0 Å². The highest BCUT2D eigenvalue weighted by atomic mass is 19.1. The van der Waals surface area contributed by atoms with Gasteiger partial charge in [0, 0.05) is 6.07 Å². The van der Waals surface area contributed by atoms with Crippen molar-refractivity contribution in [2.24, 2.45) is 0 Å². The van der Waals surface area contributed by atoms with E-state index in [0.717, 1.165) is 18.2 Å². The molecule has 0 bridgehead atoms. The number of ether oxygens (including phenoxy) is 2. The number of hydrogen-bond acceptors (Lipinski definition) is 4. The second-order valence-electron chi connectivity index (χ2n) is 4.26. The number of carbonyl (C=O) groups excluding carboxylic acids is 1. The first-order chi connectivity index (χ1) is 10.0. The van der Waals surface area contributed by atoms with Gasteiger partial charge in [-0.1, -0.05) is 12.1 Å². The Morgan fingerprint density at radius 2 is 1.76 bits per heavy atom. The first-order valence-electron chi connectivity index (χ1n) is 6.12. The summed E-state index contributed by atoms with van der Waals surface area (Å²) < 4.78 is 35.9. The van der Waals surface area contributed by atoms with E-state index in [1.54, 1.807) is 24.3 Å². The fraction of sp³-hybridized carbons (Fsp3) is 0.133. The molecule has 2 aromatic carbocycles. The SMILES string of the molecule is Nc1ccccc1OCC(=O)OCc1cc(F)cc(F)c1. The van der Waals surface area contributed by atoms with E-state index in [0.29, 0.717) is 11.4 Å². The molecule has 0 aromatic heterocycles. The molecule has 2 aromatic rings. The van der Waals surface area contributed by atoms with Gasteiger partial charge in [-0.05, 0) is 29.8 Å². The first-order valence-corrected chi connectivity index (χ1v) is 6.12. The minimum Gasteiger partial charge on any atom is -0.480 e. The lowest BCUT2D eigenvalue weighted by molar-refractivity contribution is -0.147. The van der Waals surface area contributed by atoms with E-state index < -0.39 is 17.6 Å². The Morgan fingerprint density at radius 3 is 2.43 bits per heavy atom. The molecular weight excluding hydrogens is 280 g/mol. The van der Waals surface area contributed by atoms with Crippen LogP contribution in [0.5, 0.6) is 5.75 Å². The van der Waals surface area contributed by atoms with E-state index in [4.69, 9.17) is 15.2 Å². The summed E-state index contributed by atoms with van der Waals surface area (Å²) in [6.45, 7) is -0.576. The molecule has 0 atom stereocenters. The molecule has 0 aliphatic carbocycles. The zero-order valence-electron chi connectivity index (χ0n) is 11.0. The molecule has 0 fully saturated rings. The monoisotopic (exact) mass is 293 g/mol. The number of nitrogens with two attached hydrogens (primary N) is 1. The Labute approximate surface area is 120 Å². The van der Waals surface area contributed by atoms with E-state index in [1.165, 1.54) is 0 Å². The Balaban J connectivity index is 1.84. The fourth-order valence-corrected chi connectivity index (χ4v) is 1.65. The average molecular weight is 293 g/mol. The number of para-hydroxylation sites is 2. The predicted molar refractivity (Wildman–Crippen MR) is 72.5 cm³/mol. The second-order valence-corrected chi connectivity index (χ2v) is 4.26. The molecule has 6 heteroatoms. The first kappa shape index (κ1) is 14.8. The van der Waals surface area contributed by atoms with Crippen LogP contribution in [-0.4, -0.2) is 12.6 Å². The van der Waals surface area contributed by atoms with E-state index in [1.807, 2.05) is 0 Å². The Bertz CT molecular complexity index is 626. The molecule has 4 nitrogen and oxygen atoms in total. The third-order valence-electron chi connectivity index (χ3n) is 2.59. The Morgan fingerprint density at radius 1 is 1.10 bits per heavy atom. The average Bonchev–Trinajstić information content (AvgIpc) is 2.43. The van der Waals surface area contributed by atoms with Gasteiger partial charge in [-0.25, -0.2) is 13.6 Å². The molecule has 0 unspecified atom stereocenters. The summed E-state index contributed by atoms with van der Waals surface area (Å²) >= 11 is 0. The minimum absolute atomic E-state index is 0.222. The normalized spacial score (nSPS) is 10.2. The molecule has 0 aliphatic rings. The van der Waals surface area contributed by atoms with Crippen molar-refractivity contribution in [2.45, 2.75) is 6.61 Å². The van der Waals surface area contributed by atoms with Crippen molar-refractivity contribution in [3.63, 3.8) is 0 Å². The lowest BCUT2D eigenvalue weighted by atomic mass is 10.2. The lowest BCUT2D eigenvalue weighted by Crippen LogP contribution is -2.15. The highest BCUT2D eigenvalue weighted by molar-refractivity contribution is 5.71. The quantitative estimate of drug-likeness (QED) is 0.680. The summed E-state index contributed by atoms with van der Waals surface area (Å²) in [5.41, 5.74) is 6.27. The molecule has 0 saturated heterocycles. The maximum absolute atomic E-state index is 12.9. The van der Waals surface area contributed by atoms with Crippen molar-refractivity contribution in [3.8, 4) is 5.75 Å². The van der Waals surface area contributed by atoms with Gasteiger partial charge in [0.1, 0.15) is 24.0 Å². The molecule has 0 amide bonds. The molecule has 2 N–H and O–H groups in total. The van der Waals surface area contributed by atoms with Crippen molar-refractivity contribution in [2.75, 3.05) is 12.3 Å². The van der Waals surface area contributed by atoms with Gasteiger partial charge >= 0.3 is 5.97 Å². The molecule has 0 saturated carbocycles. The van der Waals surface area contributed by atoms with Crippen LogP contribution in [0.4, 0.5) is 14.5 Å². The van der Waals surface area contributed by atoms with E-state index in [-0.39, 0.29) is 18.8 Å². The number of nitrogen functional groups attached to an aromatic ring is 1. The number of carbonyl (C=O) groups is 1. The van der Waals surface area contributed by atoms with Gasteiger partial charge in [-0.3, -0.25) is 0 Å². The van der Waals surface area contributed by atoms with Crippen LogP contribution in [0.3, 0.4) is 0 Å². The Hall–Kier alpha value is -2.63. The van der Waals surface area contributed by atoms with Crippen LogP contribution >= 0.6 is 0 Å². The number of halogens is 2. The van der Waals surface area contributed by atoms with E-state index >= 15 is 0 Å². The van der Waals surface area contributed by atoms with Crippen molar-refractivity contribution in [3.05, 3.63) is 59.7 Å². The fourth-order valence-electron chi connectivity index (χ4n) is 1.65. The number of benzene rings is 2. The highest BCUT2D eigenvalue weighted by Gasteiger charge is 2.08. The van der Waals surface area contributed by atoms with E-state index in [9.17, 15) is 13.6 Å². The standard InChI is InChI=1S/C15H13F2NO3/c16-11-5-10(6-12(17)7-11)8-21-15(19)9-20-14-4-2-1-3-13(14)18/h1-7H,8-9,18H2. The van der Waals surface area contributed by atoms with Gasteiger partial charge in [-0.2, -0.15) is 0 Å². The van der Waals surface area contributed by atoms with Crippen molar-refractivity contribution >= 4 is 11.7 Å². The van der Waals surface area contributed by atoms with Crippen LogP contribution in [0.25, 0.3) is 0 Å². The third kappa shape index (κ3) is 4.45. The van der Waals surface area contributed by atoms with Gasteiger partial charge in [0.25, 0.3) is 0 Å². The number of rotatable bonds is 5. The zero-order chi connectivity index (χ0) is 15.2.